The van der Waals surface area contributed by atoms with E-state index >= 15 is 0 Å². The zero-order chi connectivity index (χ0) is 19.5. The number of aromatic nitrogens is 3. The van der Waals surface area contributed by atoms with Gasteiger partial charge in [-0.3, -0.25) is 0 Å². The minimum Gasteiger partial charge on any atom is -0.354 e. The van der Waals surface area contributed by atoms with E-state index in [9.17, 15) is 8.42 Å². The Hall–Kier alpha value is -2.45. The van der Waals surface area contributed by atoms with Gasteiger partial charge >= 0.3 is 0 Å². The van der Waals surface area contributed by atoms with Crippen LogP contribution in [-0.2, 0) is 10.0 Å². The number of H-pyrrole nitrogens is 1. The molecule has 1 aliphatic carbocycles. The summed E-state index contributed by atoms with van der Waals surface area (Å²) in [6.07, 6.45) is 5.50. The molecule has 2 aliphatic rings. The highest BCUT2D eigenvalue weighted by Gasteiger charge is 2.59. The first-order valence-electron chi connectivity index (χ1n) is 9.48. The summed E-state index contributed by atoms with van der Waals surface area (Å²) in [5.41, 5.74) is 1.76. The lowest BCUT2D eigenvalue weighted by Crippen LogP contribution is -2.40. The third kappa shape index (κ3) is 2.62. The molecule has 28 heavy (non-hydrogen) atoms. The van der Waals surface area contributed by atoms with Gasteiger partial charge in [-0.1, -0.05) is 12.1 Å². The van der Waals surface area contributed by atoms with E-state index in [2.05, 4.69) is 19.9 Å². The van der Waals surface area contributed by atoms with E-state index < -0.39 is 10.0 Å². The number of hydrogen-bond acceptors (Lipinski definition) is 5. The van der Waals surface area contributed by atoms with E-state index in [0.29, 0.717) is 18.0 Å². The molecule has 1 N–H and O–H groups in total. The number of likely N-dealkylation sites (N-methyl/N-ethyl adjacent to an activating group) is 1. The molecule has 0 radical (unpaired) electrons. The fourth-order valence-electron chi connectivity index (χ4n) is 4.49. The molecule has 1 spiro atoms. The average molecular weight is 398 g/mol. The second-order valence-corrected chi connectivity index (χ2v) is 9.98. The quantitative estimate of drug-likeness (QED) is 0.732. The van der Waals surface area contributed by atoms with Gasteiger partial charge in [0, 0.05) is 31.7 Å². The highest BCUT2D eigenvalue weighted by molar-refractivity contribution is 7.89. The summed E-state index contributed by atoms with van der Waals surface area (Å²) in [6.45, 7) is 2.96. The van der Waals surface area contributed by atoms with Gasteiger partial charge in [0.25, 0.3) is 0 Å². The van der Waals surface area contributed by atoms with Crippen LogP contribution in [0, 0.1) is 12.3 Å². The first-order chi connectivity index (χ1) is 13.4. The van der Waals surface area contributed by atoms with Gasteiger partial charge in [0.05, 0.1) is 16.3 Å². The Morgan fingerprint density at radius 2 is 2.07 bits per heavy atom. The van der Waals surface area contributed by atoms with Crippen LogP contribution < -0.4 is 4.90 Å². The molecule has 1 aromatic carbocycles. The van der Waals surface area contributed by atoms with Crippen LogP contribution in [0.25, 0.3) is 11.0 Å². The number of anilines is 1. The van der Waals surface area contributed by atoms with Crippen LogP contribution in [-0.4, -0.2) is 53.9 Å². The van der Waals surface area contributed by atoms with Crippen molar-refractivity contribution < 1.29 is 8.42 Å². The predicted molar refractivity (Wildman–Crippen MR) is 108 cm³/mol. The Morgan fingerprint density at radius 3 is 2.82 bits per heavy atom. The summed E-state index contributed by atoms with van der Waals surface area (Å²) in [6, 6.07) is 9.22. The van der Waals surface area contributed by atoms with Gasteiger partial charge in [-0.05, 0) is 43.5 Å². The molecular formula is C20H23N5O2S. The lowest BCUT2D eigenvalue weighted by molar-refractivity contribution is 0.446. The van der Waals surface area contributed by atoms with Gasteiger partial charge in [0.15, 0.2) is 0 Å². The lowest BCUT2D eigenvalue weighted by atomic mass is 9.99. The number of nitrogens with one attached hydrogen (secondary N) is 1. The number of rotatable bonds is 4. The van der Waals surface area contributed by atoms with Gasteiger partial charge in [0.1, 0.15) is 17.8 Å². The van der Waals surface area contributed by atoms with Crippen LogP contribution in [0.3, 0.4) is 0 Å². The first-order valence-corrected chi connectivity index (χ1v) is 10.9. The molecular weight excluding hydrogens is 374 g/mol. The fourth-order valence-corrected chi connectivity index (χ4v) is 6.14. The van der Waals surface area contributed by atoms with Crippen molar-refractivity contribution in [3.8, 4) is 0 Å². The Kier molecular flexibility index (Phi) is 3.79. The molecule has 0 unspecified atom stereocenters. The van der Waals surface area contributed by atoms with Crippen molar-refractivity contribution in [2.45, 2.75) is 30.7 Å². The summed E-state index contributed by atoms with van der Waals surface area (Å²) < 4.78 is 28.2. The zero-order valence-electron chi connectivity index (χ0n) is 16.0. The number of aromatic amines is 1. The molecule has 3 heterocycles. The summed E-state index contributed by atoms with van der Waals surface area (Å²) in [5.74, 6) is 0.845. The van der Waals surface area contributed by atoms with E-state index in [0.717, 1.165) is 35.3 Å². The average Bonchev–Trinajstić information content (AvgIpc) is 3.12. The molecule has 1 saturated carbocycles. The molecule has 146 valence electrons. The fraction of sp³-hybridized carbons (Fsp3) is 0.400. The highest BCUT2D eigenvalue weighted by atomic mass is 32.2. The normalized spacial score (nSPS) is 21.4. The Labute approximate surface area is 164 Å². The second-order valence-electron chi connectivity index (χ2n) is 8.04. The van der Waals surface area contributed by atoms with Crippen LogP contribution >= 0.6 is 0 Å². The minimum absolute atomic E-state index is 0.0131. The number of fused-ring (bicyclic) bond motifs is 1. The molecule has 1 saturated heterocycles. The van der Waals surface area contributed by atoms with Gasteiger partial charge in [-0.2, -0.15) is 4.31 Å². The summed E-state index contributed by atoms with van der Waals surface area (Å²) in [7, 11) is -1.49. The predicted octanol–water partition coefficient (Wildman–Crippen LogP) is 2.56. The number of hydrogen-bond donors (Lipinski definition) is 1. The molecule has 7 nitrogen and oxygen atoms in total. The van der Waals surface area contributed by atoms with E-state index in [1.165, 1.54) is 0 Å². The minimum atomic E-state index is -3.50. The topological polar surface area (TPSA) is 82.2 Å². The van der Waals surface area contributed by atoms with Crippen LogP contribution in [0.1, 0.15) is 18.4 Å². The lowest BCUT2D eigenvalue weighted by Gasteiger charge is -2.30. The van der Waals surface area contributed by atoms with Crippen molar-refractivity contribution in [1.29, 1.82) is 0 Å². The van der Waals surface area contributed by atoms with Crippen molar-refractivity contribution in [3.05, 3.63) is 48.4 Å². The summed E-state index contributed by atoms with van der Waals surface area (Å²) in [5, 5.41) is 0.959. The highest BCUT2D eigenvalue weighted by Crippen LogP contribution is 2.55. The number of benzene rings is 1. The van der Waals surface area contributed by atoms with E-state index in [-0.39, 0.29) is 11.5 Å². The van der Waals surface area contributed by atoms with E-state index in [1.807, 2.05) is 32.3 Å². The van der Waals surface area contributed by atoms with Crippen molar-refractivity contribution in [2.75, 3.05) is 25.0 Å². The summed E-state index contributed by atoms with van der Waals surface area (Å²) in [4.78, 5) is 14.4. The molecule has 5 rings (SSSR count). The molecule has 0 bridgehead atoms. The Morgan fingerprint density at radius 1 is 1.25 bits per heavy atom. The van der Waals surface area contributed by atoms with Crippen LogP contribution in [0.15, 0.2) is 47.8 Å². The monoisotopic (exact) mass is 397 g/mol. The van der Waals surface area contributed by atoms with Gasteiger partial charge in [-0.15, -0.1) is 0 Å². The van der Waals surface area contributed by atoms with Crippen LogP contribution in [0.2, 0.25) is 0 Å². The van der Waals surface area contributed by atoms with Crippen LogP contribution in [0.5, 0.6) is 0 Å². The SMILES string of the molecule is Cc1cccc(S(=O)(=O)N2C[C@H](N(C)c3ncnc4[nH]ccc34)C3(CC3)C2)c1. The third-order valence-electron chi connectivity index (χ3n) is 6.23. The van der Waals surface area contributed by atoms with E-state index in [4.69, 9.17) is 0 Å². The van der Waals surface area contributed by atoms with Crippen molar-refractivity contribution in [1.82, 2.24) is 19.3 Å². The molecule has 1 aliphatic heterocycles. The van der Waals surface area contributed by atoms with Gasteiger partial charge in [0.2, 0.25) is 10.0 Å². The van der Waals surface area contributed by atoms with Crippen LogP contribution in [0.4, 0.5) is 5.82 Å². The number of sulfonamides is 1. The third-order valence-corrected chi connectivity index (χ3v) is 8.04. The maximum absolute atomic E-state index is 13.3. The van der Waals surface area contributed by atoms with Gasteiger partial charge < -0.3 is 9.88 Å². The number of aryl methyl sites for hydroxylation is 1. The molecule has 2 aromatic heterocycles. The van der Waals surface area contributed by atoms with Crippen molar-refractivity contribution in [3.63, 3.8) is 0 Å². The van der Waals surface area contributed by atoms with Crippen molar-refractivity contribution >= 4 is 26.9 Å². The molecule has 1 atom stereocenters. The molecule has 8 heteroatoms. The zero-order valence-corrected chi connectivity index (χ0v) is 16.8. The molecule has 0 amide bonds. The van der Waals surface area contributed by atoms with Gasteiger partial charge in [-0.25, -0.2) is 18.4 Å². The Balaban J connectivity index is 1.48. The Bertz CT molecular complexity index is 1150. The largest absolute Gasteiger partial charge is 0.354 e. The van der Waals surface area contributed by atoms with E-state index in [1.54, 1.807) is 28.8 Å². The molecule has 2 fully saturated rings. The summed E-state index contributed by atoms with van der Waals surface area (Å²) >= 11 is 0. The number of nitrogens with zero attached hydrogens (tertiary/aromatic N) is 4. The maximum Gasteiger partial charge on any atom is 0.243 e. The standard InChI is InChI=1S/C20H23N5O2S/c1-14-4-3-5-15(10-14)28(26,27)25-11-17(20(12-25)7-8-20)24(2)19-16-6-9-21-18(16)22-13-23-19/h3-6,9-10,13,17H,7-8,11-12H2,1-2H3,(H,21,22,23)/t17-/m0/s1. The smallest absolute Gasteiger partial charge is 0.243 e. The van der Waals surface area contributed by atoms with Crippen molar-refractivity contribution in [2.24, 2.45) is 5.41 Å². The maximum atomic E-state index is 13.3. The second kappa shape index (κ2) is 6.02. The first kappa shape index (κ1) is 17.6. The molecule has 3 aromatic rings.